The Morgan fingerprint density at radius 2 is 1.97 bits per heavy atom. The van der Waals surface area contributed by atoms with Crippen molar-refractivity contribution in [1.29, 1.82) is 0 Å². The van der Waals surface area contributed by atoms with Crippen molar-refractivity contribution in [1.82, 2.24) is 9.97 Å². The van der Waals surface area contributed by atoms with Gasteiger partial charge in [-0.1, -0.05) is 25.1 Å². The molecule has 34 heavy (non-hydrogen) atoms. The Hall–Kier alpha value is -2.87. The molecule has 0 unspecified atom stereocenters. The van der Waals surface area contributed by atoms with Crippen molar-refractivity contribution in [2.45, 2.75) is 44.2 Å². The lowest BCUT2D eigenvalue weighted by Gasteiger charge is -2.40. The summed E-state index contributed by atoms with van der Waals surface area (Å²) in [4.78, 5) is 24.4. The number of ether oxygens (including phenoxy) is 1. The number of Topliss-reactive ketones (excluding diaryl/α,β-unsaturated/α-hetero) is 1. The van der Waals surface area contributed by atoms with Gasteiger partial charge in [0.2, 0.25) is 0 Å². The number of carbonyl (C=O) groups excluding carboxylic acids is 1. The van der Waals surface area contributed by atoms with E-state index in [1.165, 1.54) is 5.56 Å². The number of rotatable bonds is 5. The Bertz CT molecular complexity index is 1170. The number of nitrogens with zero attached hydrogens (tertiary/aromatic N) is 3. The first-order valence-electron chi connectivity index (χ1n) is 12.1. The van der Waals surface area contributed by atoms with E-state index in [4.69, 9.17) is 15.5 Å². The number of nitrogens with two attached hydrogens (primary N) is 1. The maximum atomic E-state index is 13.3. The molecule has 3 aromatic rings. The Morgan fingerprint density at radius 1 is 1.18 bits per heavy atom. The number of ketones is 1. The monoisotopic (exact) mass is 460 g/mol. The van der Waals surface area contributed by atoms with Gasteiger partial charge in [-0.05, 0) is 42.5 Å². The van der Waals surface area contributed by atoms with E-state index in [2.05, 4.69) is 28.1 Å². The van der Waals surface area contributed by atoms with Crippen molar-refractivity contribution in [3.63, 3.8) is 0 Å². The standard InChI is InChI=1S/C27H32N4O3/c1-17-15-31(16-22(28)27(17)33)25-6-9-29-14-21(25)13-26(32)23-5-4-19-2-3-20(12-24(19)30-23)18-7-10-34-11-8-18/h2-6,9,12,14,17-18,22,27,33H,7-8,10-11,13,15-16,28H2,1H3/t17-,22+,27+/m0/s1. The summed E-state index contributed by atoms with van der Waals surface area (Å²) in [5.41, 5.74) is 10.5. The van der Waals surface area contributed by atoms with Crippen LogP contribution in [0.3, 0.4) is 0 Å². The average molecular weight is 461 g/mol. The number of carbonyl (C=O) groups is 1. The van der Waals surface area contributed by atoms with Crippen LogP contribution >= 0.6 is 0 Å². The highest BCUT2D eigenvalue weighted by molar-refractivity contribution is 5.98. The van der Waals surface area contributed by atoms with Crippen LogP contribution in [0.4, 0.5) is 5.69 Å². The average Bonchev–Trinajstić information content (AvgIpc) is 2.87. The molecule has 0 radical (unpaired) electrons. The van der Waals surface area contributed by atoms with E-state index < -0.39 is 6.10 Å². The second kappa shape index (κ2) is 9.78. The molecule has 7 nitrogen and oxygen atoms in total. The maximum Gasteiger partial charge on any atom is 0.185 e. The van der Waals surface area contributed by atoms with Crippen molar-refractivity contribution in [2.75, 3.05) is 31.2 Å². The number of anilines is 1. The number of hydrogen-bond acceptors (Lipinski definition) is 7. The lowest BCUT2D eigenvalue weighted by molar-refractivity contribution is 0.0784. The number of hydrogen-bond donors (Lipinski definition) is 2. The normalized spacial score (nSPS) is 23.9. The fourth-order valence-corrected chi connectivity index (χ4v) is 5.21. The number of aliphatic hydroxyl groups is 1. The third-order valence-corrected chi connectivity index (χ3v) is 7.23. The van der Waals surface area contributed by atoms with Crippen molar-refractivity contribution in [3.05, 3.63) is 65.6 Å². The topological polar surface area (TPSA) is 102 Å². The molecular formula is C27H32N4O3. The molecule has 1 aromatic carbocycles. The van der Waals surface area contributed by atoms with Crippen LogP contribution in [0, 0.1) is 5.92 Å². The third-order valence-electron chi connectivity index (χ3n) is 7.23. The lowest BCUT2D eigenvalue weighted by atomic mass is 9.91. The van der Waals surface area contributed by atoms with Gasteiger partial charge in [0.15, 0.2) is 5.78 Å². The molecule has 7 heteroatoms. The molecule has 2 aliphatic rings. The van der Waals surface area contributed by atoms with Gasteiger partial charge in [-0.2, -0.15) is 0 Å². The molecule has 3 atom stereocenters. The summed E-state index contributed by atoms with van der Waals surface area (Å²) in [5, 5.41) is 11.3. The summed E-state index contributed by atoms with van der Waals surface area (Å²) in [6.07, 6.45) is 5.21. The van der Waals surface area contributed by atoms with Crippen LogP contribution < -0.4 is 10.6 Å². The van der Waals surface area contributed by atoms with Gasteiger partial charge in [0.05, 0.1) is 11.6 Å². The van der Waals surface area contributed by atoms with E-state index in [1.807, 2.05) is 25.1 Å². The molecule has 2 saturated heterocycles. The summed E-state index contributed by atoms with van der Waals surface area (Å²) in [6, 6.07) is 11.8. The zero-order valence-electron chi connectivity index (χ0n) is 19.6. The molecule has 0 bridgehead atoms. The minimum absolute atomic E-state index is 0.0398. The van der Waals surface area contributed by atoms with Crippen LogP contribution in [-0.2, 0) is 11.2 Å². The molecule has 0 saturated carbocycles. The van der Waals surface area contributed by atoms with Gasteiger partial charge in [-0.15, -0.1) is 0 Å². The SMILES string of the molecule is C[C@H]1CN(c2ccncc2CC(=O)c2ccc3ccc(C4CCOCC4)cc3n2)C[C@@H](N)[C@@H]1O. The first-order valence-corrected chi connectivity index (χ1v) is 12.1. The zero-order valence-corrected chi connectivity index (χ0v) is 19.6. The quantitative estimate of drug-likeness (QED) is 0.564. The molecule has 4 heterocycles. The molecule has 0 amide bonds. The van der Waals surface area contributed by atoms with Crippen LogP contribution in [0.2, 0.25) is 0 Å². The molecule has 3 N–H and O–H groups in total. The predicted octanol–water partition coefficient (Wildman–Crippen LogP) is 3.09. The zero-order chi connectivity index (χ0) is 23.7. The summed E-state index contributed by atoms with van der Waals surface area (Å²) in [5.74, 6) is 0.489. The van der Waals surface area contributed by atoms with E-state index in [9.17, 15) is 9.90 Å². The molecule has 2 aromatic heterocycles. The summed E-state index contributed by atoms with van der Waals surface area (Å²) in [7, 11) is 0. The highest BCUT2D eigenvalue weighted by atomic mass is 16.5. The van der Waals surface area contributed by atoms with E-state index >= 15 is 0 Å². The van der Waals surface area contributed by atoms with Gasteiger partial charge in [0.25, 0.3) is 0 Å². The van der Waals surface area contributed by atoms with E-state index in [0.717, 1.165) is 48.2 Å². The predicted molar refractivity (Wildman–Crippen MR) is 132 cm³/mol. The van der Waals surface area contributed by atoms with Crippen molar-refractivity contribution in [2.24, 2.45) is 11.7 Å². The van der Waals surface area contributed by atoms with E-state index in [0.29, 0.717) is 24.7 Å². The van der Waals surface area contributed by atoms with Crippen LogP contribution in [-0.4, -0.2) is 59.3 Å². The van der Waals surface area contributed by atoms with Gasteiger partial charge in [-0.25, -0.2) is 4.98 Å². The van der Waals surface area contributed by atoms with Crippen LogP contribution in [0.25, 0.3) is 10.9 Å². The minimum atomic E-state index is -0.518. The van der Waals surface area contributed by atoms with Gasteiger partial charge in [0.1, 0.15) is 5.69 Å². The molecule has 0 spiro atoms. The van der Waals surface area contributed by atoms with Crippen LogP contribution in [0.15, 0.2) is 48.8 Å². The largest absolute Gasteiger partial charge is 0.391 e. The van der Waals surface area contributed by atoms with Crippen molar-refractivity contribution >= 4 is 22.4 Å². The van der Waals surface area contributed by atoms with E-state index in [1.54, 1.807) is 12.4 Å². The van der Waals surface area contributed by atoms with Gasteiger partial charge in [-0.3, -0.25) is 9.78 Å². The Balaban J connectivity index is 1.38. The van der Waals surface area contributed by atoms with Crippen LogP contribution in [0.5, 0.6) is 0 Å². The second-order valence-corrected chi connectivity index (χ2v) is 9.68. The molecular weight excluding hydrogens is 428 g/mol. The number of benzene rings is 1. The summed E-state index contributed by atoms with van der Waals surface area (Å²) < 4.78 is 5.50. The summed E-state index contributed by atoms with van der Waals surface area (Å²) >= 11 is 0. The third kappa shape index (κ3) is 4.69. The summed E-state index contributed by atoms with van der Waals surface area (Å²) in [6.45, 7) is 4.81. The fraction of sp³-hybridized carbons (Fsp3) is 0.444. The maximum absolute atomic E-state index is 13.3. The smallest absolute Gasteiger partial charge is 0.185 e. The first-order chi connectivity index (χ1) is 16.5. The Labute approximate surface area is 200 Å². The van der Waals surface area contributed by atoms with Gasteiger partial charge >= 0.3 is 0 Å². The molecule has 2 aliphatic heterocycles. The number of aromatic nitrogens is 2. The number of fused-ring (bicyclic) bond motifs is 1. The highest BCUT2D eigenvalue weighted by Gasteiger charge is 2.32. The van der Waals surface area contributed by atoms with Gasteiger partial charge in [0, 0.05) is 73.7 Å². The van der Waals surface area contributed by atoms with Gasteiger partial charge < -0.3 is 20.5 Å². The fourth-order valence-electron chi connectivity index (χ4n) is 5.21. The molecule has 178 valence electrons. The van der Waals surface area contributed by atoms with Crippen molar-refractivity contribution in [3.8, 4) is 0 Å². The minimum Gasteiger partial charge on any atom is -0.391 e. The number of pyridine rings is 2. The van der Waals surface area contributed by atoms with Crippen LogP contribution in [0.1, 0.15) is 47.3 Å². The molecule has 0 aliphatic carbocycles. The van der Waals surface area contributed by atoms with Crippen molar-refractivity contribution < 1.29 is 14.6 Å². The first kappa shape index (κ1) is 22.9. The number of piperidine rings is 1. The second-order valence-electron chi connectivity index (χ2n) is 9.68. The number of aliphatic hydroxyl groups excluding tert-OH is 1. The molecule has 5 rings (SSSR count). The lowest BCUT2D eigenvalue weighted by Crippen LogP contribution is -2.55. The highest BCUT2D eigenvalue weighted by Crippen LogP contribution is 2.30. The van der Waals surface area contributed by atoms with E-state index in [-0.39, 0.29) is 24.2 Å². The Kier molecular flexibility index (Phi) is 6.59. The Morgan fingerprint density at radius 3 is 2.76 bits per heavy atom. The molecule has 2 fully saturated rings.